The average molecular weight is 395 g/mol. The first-order chi connectivity index (χ1) is 13.4. The van der Waals surface area contributed by atoms with Crippen LogP contribution in [0.25, 0.3) is 11.3 Å². The molecule has 0 unspecified atom stereocenters. The second-order valence-electron chi connectivity index (χ2n) is 5.90. The van der Waals surface area contributed by atoms with E-state index in [1.165, 1.54) is 24.3 Å². The number of esters is 1. The van der Waals surface area contributed by atoms with Crippen LogP contribution < -0.4 is 11.1 Å². The van der Waals surface area contributed by atoms with Gasteiger partial charge in [0.1, 0.15) is 0 Å². The Morgan fingerprint density at radius 2 is 1.82 bits per heavy atom. The average Bonchev–Trinajstić information content (AvgIpc) is 3.13. The van der Waals surface area contributed by atoms with Gasteiger partial charge in [-0.2, -0.15) is 0 Å². The van der Waals surface area contributed by atoms with E-state index in [0.29, 0.717) is 5.69 Å². The Morgan fingerprint density at radius 3 is 2.46 bits per heavy atom. The van der Waals surface area contributed by atoms with Crippen molar-refractivity contribution in [1.82, 2.24) is 4.98 Å². The van der Waals surface area contributed by atoms with Gasteiger partial charge < -0.3 is 15.8 Å². The molecule has 8 heteroatoms. The first-order valence-corrected chi connectivity index (χ1v) is 9.20. The summed E-state index contributed by atoms with van der Waals surface area (Å²) in [7, 11) is 0. The van der Waals surface area contributed by atoms with E-state index in [-0.39, 0.29) is 11.1 Å². The lowest BCUT2D eigenvalue weighted by Gasteiger charge is -2.08. The van der Waals surface area contributed by atoms with E-state index in [1.807, 2.05) is 24.4 Å². The summed E-state index contributed by atoms with van der Waals surface area (Å²) in [4.78, 5) is 39.5. The van der Waals surface area contributed by atoms with Crippen molar-refractivity contribution in [3.63, 3.8) is 0 Å². The molecule has 0 saturated carbocycles. The van der Waals surface area contributed by atoms with Crippen molar-refractivity contribution in [1.29, 1.82) is 0 Å². The second kappa shape index (κ2) is 8.45. The fourth-order valence-corrected chi connectivity index (χ4v) is 3.06. The Morgan fingerprint density at radius 1 is 1.11 bits per heavy atom. The fourth-order valence-electron chi connectivity index (χ4n) is 2.43. The molecule has 2 aromatic carbocycles. The third kappa shape index (κ3) is 4.80. The molecule has 0 fully saturated rings. The number of aryl methyl sites for hydroxylation is 1. The number of hydrogen-bond acceptors (Lipinski definition) is 6. The Balaban J connectivity index is 1.57. The molecule has 0 radical (unpaired) electrons. The van der Waals surface area contributed by atoms with Gasteiger partial charge in [0.05, 0.1) is 16.3 Å². The SMILES string of the molecule is Cc1nc(-c2cccc(NC(=O)COC(=O)c3ccc(C(N)=O)cc3)c2)cs1. The molecule has 0 bridgehead atoms. The summed E-state index contributed by atoms with van der Waals surface area (Å²) in [5.41, 5.74) is 7.95. The quantitative estimate of drug-likeness (QED) is 0.623. The summed E-state index contributed by atoms with van der Waals surface area (Å²) >= 11 is 1.55. The molecule has 2 amide bonds. The van der Waals surface area contributed by atoms with Gasteiger partial charge in [-0.3, -0.25) is 9.59 Å². The van der Waals surface area contributed by atoms with Crippen LogP contribution in [0.5, 0.6) is 0 Å². The standard InChI is InChI=1S/C20H17N3O4S/c1-12-22-17(11-28-12)15-3-2-4-16(9-15)23-18(24)10-27-20(26)14-7-5-13(6-8-14)19(21)25/h2-9,11H,10H2,1H3,(H2,21,25)(H,23,24). The van der Waals surface area contributed by atoms with Crippen LogP contribution in [0.3, 0.4) is 0 Å². The van der Waals surface area contributed by atoms with Crippen molar-refractivity contribution in [3.8, 4) is 11.3 Å². The van der Waals surface area contributed by atoms with E-state index in [0.717, 1.165) is 16.3 Å². The molecule has 28 heavy (non-hydrogen) atoms. The first kappa shape index (κ1) is 19.2. The summed E-state index contributed by atoms with van der Waals surface area (Å²) in [6, 6.07) is 12.9. The number of carbonyl (C=O) groups excluding carboxylic acids is 3. The number of thiazole rings is 1. The van der Waals surface area contributed by atoms with Crippen molar-refractivity contribution in [2.24, 2.45) is 5.73 Å². The van der Waals surface area contributed by atoms with E-state index in [4.69, 9.17) is 10.5 Å². The van der Waals surface area contributed by atoms with Crippen LogP contribution in [-0.4, -0.2) is 29.4 Å². The Labute approximate surface area is 165 Å². The summed E-state index contributed by atoms with van der Waals surface area (Å²) in [6.45, 7) is 1.49. The molecule has 1 aromatic heterocycles. The lowest BCUT2D eigenvalue weighted by molar-refractivity contribution is -0.119. The first-order valence-electron chi connectivity index (χ1n) is 8.32. The van der Waals surface area contributed by atoms with E-state index in [9.17, 15) is 14.4 Å². The highest BCUT2D eigenvalue weighted by Crippen LogP contribution is 2.24. The number of ether oxygens (including phenoxy) is 1. The number of rotatable bonds is 6. The van der Waals surface area contributed by atoms with Crippen LogP contribution in [0.4, 0.5) is 5.69 Å². The summed E-state index contributed by atoms with van der Waals surface area (Å²) < 4.78 is 5.00. The van der Waals surface area contributed by atoms with Crippen molar-refractivity contribution in [3.05, 3.63) is 70.0 Å². The van der Waals surface area contributed by atoms with Crippen molar-refractivity contribution in [2.75, 3.05) is 11.9 Å². The van der Waals surface area contributed by atoms with Gasteiger partial charge in [0, 0.05) is 22.2 Å². The summed E-state index contributed by atoms with van der Waals surface area (Å²) in [6.07, 6.45) is 0. The van der Waals surface area contributed by atoms with Gasteiger partial charge >= 0.3 is 5.97 Å². The number of anilines is 1. The predicted molar refractivity (Wildman–Crippen MR) is 106 cm³/mol. The van der Waals surface area contributed by atoms with Gasteiger partial charge in [-0.1, -0.05) is 12.1 Å². The molecule has 1 heterocycles. The largest absolute Gasteiger partial charge is 0.452 e. The minimum Gasteiger partial charge on any atom is -0.452 e. The number of hydrogen-bond donors (Lipinski definition) is 2. The molecule has 0 saturated heterocycles. The number of aromatic nitrogens is 1. The zero-order chi connectivity index (χ0) is 20.1. The van der Waals surface area contributed by atoms with Gasteiger partial charge in [-0.15, -0.1) is 11.3 Å². The van der Waals surface area contributed by atoms with Gasteiger partial charge in [-0.05, 0) is 43.3 Å². The predicted octanol–water partition coefficient (Wildman–Crippen LogP) is 3.01. The number of carbonyl (C=O) groups is 3. The number of nitrogens with one attached hydrogen (secondary N) is 1. The molecule has 3 N–H and O–H groups in total. The molecule has 0 spiro atoms. The maximum Gasteiger partial charge on any atom is 0.338 e. The van der Waals surface area contributed by atoms with Gasteiger partial charge in [0.15, 0.2) is 6.61 Å². The van der Waals surface area contributed by atoms with Crippen LogP contribution in [0.1, 0.15) is 25.7 Å². The highest BCUT2D eigenvalue weighted by molar-refractivity contribution is 7.09. The second-order valence-corrected chi connectivity index (χ2v) is 6.96. The van der Waals surface area contributed by atoms with Crippen molar-refractivity contribution < 1.29 is 19.1 Å². The number of primary amides is 1. The molecular formula is C20H17N3O4S. The molecule has 0 aliphatic heterocycles. The Bertz CT molecular complexity index is 1030. The minimum absolute atomic E-state index is 0.221. The van der Waals surface area contributed by atoms with Crippen molar-refractivity contribution >= 4 is 34.8 Å². The summed E-state index contributed by atoms with van der Waals surface area (Å²) in [5, 5.41) is 5.59. The highest BCUT2D eigenvalue weighted by Gasteiger charge is 2.12. The number of nitrogens with two attached hydrogens (primary N) is 1. The maximum absolute atomic E-state index is 12.1. The van der Waals surface area contributed by atoms with E-state index >= 15 is 0 Å². The maximum atomic E-state index is 12.1. The van der Waals surface area contributed by atoms with Gasteiger partial charge in [-0.25, -0.2) is 9.78 Å². The number of amides is 2. The summed E-state index contributed by atoms with van der Waals surface area (Å²) in [5.74, 6) is -1.72. The lowest BCUT2D eigenvalue weighted by atomic mass is 10.1. The van der Waals surface area contributed by atoms with Crippen LogP contribution in [-0.2, 0) is 9.53 Å². The molecular weight excluding hydrogens is 378 g/mol. The lowest BCUT2D eigenvalue weighted by Crippen LogP contribution is -2.21. The Kier molecular flexibility index (Phi) is 5.81. The smallest absolute Gasteiger partial charge is 0.338 e. The van der Waals surface area contributed by atoms with Crippen LogP contribution in [0.2, 0.25) is 0 Å². The van der Waals surface area contributed by atoms with E-state index < -0.39 is 24.4 Å². The van der Waals surface area contributed by atoms with E-state index in [2.05, 4.69) is 10.3 Å². The highest BCUT2D eigenvalue weighted by atomic mass is 32.1. The molecule has 3 rings (SSSR count). The third-order valence-corrected chi connectivity index (χ3v) is 4.57. The molecule has 0 aliphatic carbocycles. The zero-order valence-corrected chi connectivity index (χ0v) is 15.8. The van der Waals surface area contributed by atoms with Crippen molar-refractivity contribution in [2.45, 2.75) is 6.92 Å². The molecule has 0 aliphatic rings. The Hall–Kier alpha value is -3.52. The number of benzene rings is 2. The topological polar surface area (TPSA) is 111 Å². The fraction of sp³-hybridized carbons (Fsp3) is 0.100. The van der Waals surface area contributed by atoms with Crippen LogP contribution in [0.15, 0.2) is 53.9 Å². The molecule has 7 nitrogen and oxygen atoms in total. The van der Waals surface area contributed by atoms with E-state index in [1.54, 1.807) is 23.5 Å². The van der Waals surface area contributed by atoms with Crippen LogP contribution in [0, 0.1) is 6.92 Å². The number of nitrogens with zero attached hydrogens (tertiary/aromatic N) is 1. The van der Waals surface area contributed by atoms with Crippen LogP contribution >= 0.6 is 11.3 Å². The molecule has 142 valence electrons. The minimum atomic E-state index is -0.669. The molecule has 0 atom stereocenters. The van der Waals surface area contributed by atoms with Gasteiger partial charge in [0.2, 0.25) is 5.91 Å². The van der Waals surface area contributed by atoms with Gasteiger partial charge in [0.25, 0.3) is 5.91 Å². The zero-order valence-electron chi connectivity index (χ0n) is 15.0. The molecule has 3 aromatic rings. The monoisotopic (exact) mass is 395 g/mol. The third-order valence-electron chi connectivity index (χ3n) is 3.80. The normalized spacial score (nSPS) is 10.3.